The lowest BCUT2D eigenvalue weighted by Crippen LogP contribution is -2.33. The predicted octanol–water partition coefficient (Wildman–Crippen LogP) is 1.16. The molecule has 3 heterocycles. The van der Waals surface area contributed by atoms with E-state index >= 15 is 0 Å². The number of aromatic nitrogens is 2. The van der Waals surface area contributed by atoms with Crippen LogP contribution in [0.1, 0.15) is 0 Å². The molecule has 0 aromatic carbocycles. The summed E-state index contributed by atoms with van der Waals surface area (Å²) < 4.78 is 0. The summed E-state index contributed by atoms with van der Waals surface area (Å²) in [7, 11) is 0. The molecule has 0 radical (unpaired) electrons. The van der Waals surface area contributed by atoms with E-state index in [0.717, 1.165) is 62.0 Å². The van der Waals surface area contributed by atoms with Crippen LogP contribution in [0, 0.1) is 0 Å². The standard InChI is InChI=1S/C16H22N6/c1-3-13-15(21-5-1)16-14(4-2-6-22-16)20-12-10-18-8-7-17-9-11-19-13/h1-6,17-20H,7-12H2. The maximum absolute atomic E-state index is 4.53. The monoisotopic (exact) mass is 298 g/mol. The summed E-state index contributed by atoms with van der Waals surface area (Å²) >= 11 is 0. The fraction of sp³-hybridized carbons (Fsp3) is 0.375. The first-order valence-corrected chi connectivity index (χ1v) is 7.75. The third-order valence-corrected chi connectivity index (χ3v) is 3.55. The molecule has 116 valence electrons. The Morgan fingerprint density at radius 1 is 0.636 bits per heavy atom. The van der Waals surface area contributed by atoms with Gasteiger partial charge < -0.3 is 21.3 Å². The van der Waals surface area contributed by atoms with Crippen LogP contribution < -0.4 is 21.3 Å². The predicted molar refractivity (Wildman–Crippen MR) is 90.2 cm³/mol. The minimum absolute atomic E-state index is 0.855. The van der Waals surface area contributed by atoms with Crippen LogP contribution in [0.4, 0.5) is 11.4 Å². The number of hydrogen-bond donors (Lipinski definition) is 4. The topological polar surface area (TPSA) is 73.9 Å². The van der Waals surface area contributed by atoms with Crippen molar-refractivity contribution in [1.29, 1.82) is 0 Å². The van der Waals surface area contributed by atoms with Crippen LogP contribution in [-0.4, -0.2) is 49.2 Å². The molecule has 0 bridgehead atoms. The minimum Gasteiger partial charge on any atom is -0.382 e. The number of fused-ring (bicyclic) bond motifs is 3. The number of hydrogen-bond acceptors (Lipinski definition) is 6. The van der Waals surface area contributed by atoms with Gasteiger partial charge in [0.25, 0.3) is 0 Å². The molecule has 0 saturated carbocycles. The molecule has 0 saturated heterocycles. The molecule has 0 spiro atoms. The van der Waals surface area contributed by atoms with Gasteiger partial charge in [-0.3, -0.25) is 9.97 Å². The Hall–Kier alpha value is -2.18. The normalized spacial score (nSPS) is 16.4. The molecule has 2 aromatic heterocycles. The highest BCUT2D eigenvalue weighted by Crippen LogP contribution is 2.29. The lowest BCUT2D eigenvalue weighted by atomic mass is 10.1. The van der Waals surface area contributed by atoms with E-state index in [4.69, 9.17) is 0 Å². The first-order valence-electron chi connectivity index (χ1n) is 7.75. The van der Waals surface area contributed by atoms with Gasteiger partial charge in [0, 0.05) is 51.7 Å². The Morgan fingerprint density at radius 3 is 1.59 bits per heavy atom. The maximum Gasteiger partial charge on any atom is 0.114 e. The molecule has 2 aromatic rings. The fourth-order valence-electron chi connectivity index (χ4n) is 2.47. The average molecular weight is 298 g/mol. The molecular formula is C16H22N6. The molecule has 6 heteroatoms. The van der Waals surface area contributed by atoms with E-state index in [9.17, 15) is 0 Å². The second kappa shape index (κ2) is 7.72. The van der Waals surface area contributed by atoms with Crippen molar-refractivity contribution in [2.45, 2.75) is 0 Å². The largest absolute Gasteiger partial charge is 0.382 e. The van der Waals surface area contributed by atoms with Crippen LogP contribution >= 0.6 is 0 Å². The molecule has 3 rings (SSSR count). The third-order valence-electron chi connectivity index (χ3n) is 3.55. The molecule has 22 heavy (non-hydrogen) atoms. The zero-order chi connectivity index (χ0) is 15.0. The van der Waals surface area contributed by atoms with Crippen molar-refractivity contribution >= 4 is 11.4 Å². The van der Waals surface area contributed by atoms with Gasteiger partial charge in [-0.2, -0.15) is 0 Å². The van der Waals surface area contributed by atoms with E-state index in [0.29, 0.717) is 0 Å². The van der Waals surface area contributed by atoms with E-state index < -0.39 is 0 Å². The van der Waals surface area contributed by atoms with Gasteiger partial charge in [0.1, 0.15) is 11.4 Å². The van der Waals surface area contributed by atoms with E-state index in [-0.39, 0.29) is 0 Å². The smallest absolute Gasteiger partial charge is 0.114 e. The highest BCUT2D eigenvalue weighted by Gasteiger charge is 2.12. The molecule has 4 N–H and O–H groups in total. The first-order chi connectivity index (χ1) is 10.9. The minimum atomic E-state index is 0.855. The van der Waals surface area contributed by atoms with Gasteiger partial charge in [-0.1, -0.05) is 0 Å². The van der Waals surface area contributed by atoms with Crippen LogP contribution in [0.15, 0.2) is 36.7 Å². The van der Waals surface area contributed by atoms with Crippen LogP contribution in [0.5, 0.6) is 0 Å². The Labute approximate surface area is 130 Å². The van der Waals surface area contributed by atoms with E-state index in [1.54, 1.807) is 0 Å². The summed E-state index contributed by atoms with van der Waals surface area (Å²) in [5.41, 5.74) is 3.80. The summed E-state index contributed by atoms with van der Waals surface area (Å²) in [5.74, 6) is 0. The summed E-state index contributed by atoms with van der Waals surface area (Å²) in [6, 6.07) is 7.99. The molecule has 0 aliphatic carbocycles. The first kappa shape index (κ1) is 14.7. The zero-order valence-electron chi connectivity index (χ0n) is 12.6. The molecule has 1 aliphatic rings. The van der Waals surface area contributed by atoms with Crippen LogP contribution in [-0.2, 0) is 0 Å². The molecule has 0 atom stereocenters. The number of nitrogens with zero attached hydrogens (tertiary/aromatic N) is 2. The fourth-order valence-corrected chi connectivity index (χ4v) is 2.47. The van der Waals surface area contributed by atoms with Gasteiger partial charge in [0.05, 0.1) is 11.4 Å². The Kier molecular flexibility index (Phi) is 5.18. The van der Waals surface area contributed by atoms with E-state index in [1.165, 1.54) is 0 Å². The van der Waals surface area contributed by atoms with Gasteiger partial charge in [0.2, 0.25) is 0 Å². The van der Waals surface area contributed by atoms with E-state index in [1.807, 2.05) is 36.7 Å². The zero-order valence-corrected chi connectivity index (χ0v) is 12.6. The second-order valence-electron chi connectivity index (χ2n) is 5.15. The molecule has 0 amide bonds. The number of pyridine rings is 2. The van der Waals surface area contributed by atoms with Crippen LogP contribution in [0.3, 0.4) is 0 Å². The Morgan fingerprint density at radius 2 is 1.09 bits per heavy atom. The SMILES string of the molecule is c1cnc2c(c1)NCCNCCNCCNc1cccnc1-2. The van der Waals surface area contributed by atoms with Crippen molar-refractivity contribution in [3.05, 3.63) is 36.7 Å². The lowest BCUT2D eigenvalue weighted by Gasteiger charge is -2.16. The van der Waals surface area contributed by atoms with Crippen LogP contribution in [0.2, 0.25) is 0 Å². The summed E-state index contributed by atoms with van der Waals surface area (Å²) in [5, 5.41) is 13.7. The van der Waals surface area contributed by atoms with Gasteiger partial charge in [-0.15, -0.1) is 0 Å². The third kappa shape index (κ3) is 3.72. The van der Waals surface area contributed by atoms with Gasteiger partial charge in [-0.25, -0.2) is 0 Å². The van der Waals surface area contributed by atoms with Crippen molar-refractivity contribution in [3.63, 3.8) is 0 Å². The van der Waals surface area contributed by atoms with Crippen molar-refractivity contribution in [2.24, 2.45) is 0 Å². The average Bonchev–Trinajstić information content (AvgIpc) is 2.57. The highest BCUT2D eigenvalue weighted by molar-refractivity contribution is 5.80. The van der Waals surface area contributed by atoms with Gasteiger partial charge in [-0.05, 0) is 24.3 Å². The van der Waals surface area contributed by atoms with Gasteiger partial charge in [0.15, 0.2) is 0 Å². The molecule has 1 aliphatic heterocycles. The maximum atomic E-state index is 4.53. The number of anilines is 2. The summed E-state index contributed by atoms with van der Waals surface area (Å²) in [6.07, 6.45) is 3.61. The Balaban J connectivity index is 1.91. The highest BCUT2D eigenvalue weighted by atomic mass is 15.0. The summed E-state index contributed by atoms with van der Waals surface area (Å²) in [4.78, 5) is 9.06. The van der Waals surface area contributed by atoms with Gasteiger partial charge >= 0.3 is 0 Å². The molecule has 0 fully saturated rings. The second-order valence-corrected chi connectivity index (χ2v) is 5.15. The lowest BCUT2D eigenvalue weighted by molar-refractivity contribution is 0.627. The summed E-state index contributed by atoms with van der Waals surface area (Å²) in [6.45, 7) is 5.49. The van der Waals surface area contributed by atoms with Crippen molar-refractivity contribution in [2.75, 3.05) is 49.9 Å². The molecular weight excluding hydrogens is 276 g/mol. The number of rotatable bonds is 0. The van der Waals surface area contributed by atoms with Crippen LogP contribution in [0.25, 0.3) is 11.4 Å². The Bertz CT molecular complexity index is 547. The van der Waals surface area contributed by atoms with Crippen molar-refractivity contribution < 1.29 is 0 Å². The van der Waals surface area contributed by atoms with Crippen molar-refractivity contribution in [1.82, 2.24) is 20.6 Å². The number of nitrogens with one attached hydrogen (secondary N) is 4. The van der Waals surface area contributed by atoms with Crippen molar-refractivity contribution in [3.8, 4) is 11.4 Å². The van der Waals surface area contributed by atoms with E-state index in [2.05, 4.69) is 31.2 Å². The molecule has 6 nitrogen and oxygen atoms in total. The molecule has 0 unspecified atom stereocenters. The quantitative estimate of drug-likeness (QED) is 0.585.